The Balaban J connectivity index is 1.28. The van der Waals surface area contributed by atoms with Gasteiger partial charge >= 0.3 is 0 Å². The smallest absolute Gasteiger partial charge is 0.267 e. The predicted molar refractivity (Wildman–Crippen MR) is 184 cm³/mol. The van der Waals surface area contributed by atoms with Crippen LogP contribution < -0.4 is 14.9 Å². The third-order valence-corrected chi connectivity index (χ3v) is 10.8. The average Bonchev–Trinajstić information content (AvgIpc) is 3.52. The fourth-order valence-corrected chi connectivity index (χ4v) is 7.77. The molecule has 5 aromatic rings. The summed E-state index contributed by atoms with van der Waals surface area (Å²) in [6.45, 7) is 6.18. The zero-order valence-electron chi connectivity index (χ0n) is 26.9. The number of piperazine rings is 1. The minimum atomic E-state index is -4.85. The number of sulfonamides is 1. The van der Waals surface area contributed by atoms with Crippen molar-refractivity contribution in [3.8, 4) is 21.8 Å². The van der Waals surface area contributed by atoms with Gasteiger partial charge in [-0.3, -0.25) is 9.62 Å². The number of rotatable bonds is 11. The van der Waals surface area contributed by atoms with E-state index in [1.54, 1.807) is 18.2 Å². The van der Waals surface area contributed by atoms with Gasteiger partial charge in [-0.15, -0.1) is 11.3 Å². The van der Waals surface area contributed by atoms with Crippen molar-refractivity contribution in [2.45, 2.75) is 24.7 Å². The second-order valence-electron chi connectivity index (χ2n) is 11.8. The molecule has 0 unspecified atom stereocenters. The minimum Gasteiger partial charge on any atom is -0.367 e. The highest BCUT2D eigenvalue weighted by atomic mass is 32.2. The maximum absolute atomic E-state index is 16.1. The second-order valence-corrected chi connectivity index (χ2v) is 14.4. The van der Waals surface area contributed by atoms with Crippen LogP contribution in [0.5, 0.6) is 0 Å². The molecule has 3 heterocycles. The normalized spacial score (nSPS) is 14.0. The first kappa shape index (κ1) is 35.2. The van der Waals surface area contributed by atoms with Gasteiger partial charge in [0.1, 0.15) is 24.1 Å². The fourth-order valence-electron chi connectivity index (χ4n) is 5.52. The molecule has 16 heteroatoms. The summed E-state index contributed by atoms with van der Waals surface area (Å²) in [6, 6.07) is 12.8. The van der Waals surface area contributed by atoms with Crippen LogP contribution >= 0.6 is 11.3 Å². The van der Waals surface area contributed by atoms with Gasteiger partial charge in [0.15, 0.2) is 10.7 Å². The summed E-state index contributed by atoms with van der Waals surface area (Å²) in [5, 5.41) is 3.65. The van der Waals surface area contributed by atoms with Crippen molar-refractivity contribution in [3.63, 3.8) is 0 Å². The number of nitrogens with one attached hydrogen (secondary N) is 2. The van der Waals surface area contributed by atoms with Crippen molar-refractivity contribution in [1.29, 1.82) is 0 Å². The third kappa shape index (κ3) is 7.41. The fraction of sp³-hybridized carbons (Fsp3) is 0.265. The number of hydrogen-bond acceptors (Lipinski definition) is 9. The summed E-state index contributed by atoms with van der Waals surface area (Å²) in [6.07, 6.45) is 1.48. The lowest BCUT2D eigenvalue weighted by Gasteiger charge is -2.35. The van der Waals surface area contributed by atoms with Crippen molar-refractivity contribution in [3.05, 3.63) is 95.1 Å². The zero-order chi connectivity index (χ0) is 35.6. The summed E-state index contributed by atoms with van der Waals surface area (Å²) >= 11 is 1.26. The van der Waals surface area contributed by atoms with Gasteiger partial charge in [0, 0.05) is 56.1 Å². The molecule has 3 aromatic carbocycles. The van der Waals surface area contributed by atoms with Crippen molar-refractivity contribution < 1.29 is 30.4 Å². The number of halogens is 5. The quantitative estimate of drug-likeness (QED) is 0.134. The Bertz CT molecular complexity index is 2100. The first-order valence-electron chi connectivity index (χ1n) is 15.6. The molecule has 1 aliphatic rings. The molecule has 0 aliphatic carbocycles. The summed E-state index contributed by atoms with van der Waals surface area (Å²) in [5.41, 5.74) is 0.751. The van der Waals surface area contributed by atoms with Gasteiger partial charge in [-0.25, -0.2) is 45.3 Å². The molecule has 50 heavy (non-hydrogen) atoms. The second kappa shape index (κ2) is 14.7. The Labute approximate surface area is 289 Å². The van der Waals surface area contributed by atoms with Crippen LogP contribution in [0.25, 0.3) is 21.8 Å². The van der Waals surface area contributed by atoms with Crippen LogP contribution in [0.15, 0.2) is 71.8 Å². The molecule has 9 nitrogen and oxygen atoms in total. The molecule has 0 radical (unpaired) electrons. The Morgan fingerprint density at radius 2 is 1.62 bits per heavy atom. The van der Waals surface area contributed by atoms with Crippen molar-refractivity contribution in [2.75, 3.05) is 54.3 Å². The topological polar surface area (TPSA) is 103 Å². The molecular formula is C34H32F5N7O2S2. The summed E-state index contributed by atoms with van der Waals surface area (Å²) in [7, 11) is -4.85. The van der Waals surface area contributed by atoms with Gasteiger partial charge in [-0.1, -0.05) is 26.0 Å². The van der Waals surface area contributed by atoms with Crippen molar-refractivity contribution >= 4 is 44.4 Å². The lowest BCUT2D eigenvalue weighted by atomic mass is 10.1. The van der Waals surface area contributed by atoms with Crippen molar-refractivity contribution in [1.82, 2.24) is 19.9 Å². The van der Waals surface area contributed by atoms with Gasteiger partial charge in [0.05, 0.1) is 32.6 Å². The van der Waals surface area contributed by atoms with E-state index in [1.807, 2.05) is 28.4 Å². The van der Waals surface area contributed by atoms with E-state index in [0.717, 1.165) is 24.3 Å². The molecule has 6 rings (SSSR count). The lowest BCUT2D eigenvalue weighted by Crippen LogP contribution is -2.47. The molecule has 1 fully saturated rings. The average molecular weight is 730 g/mol. The van der Waals surface area contributed by atoms with Crippen LogP contribution in [0.1, 0.15) is 24.8 Å². The third-order valence-electron chi connectivity index (χ3n) is 8.03. The van der Waals surface area contributed by atoms with E-state index < -0.39 is 50.5 Å². The molecule has 0 bridgehead atoms. The van der Waals surface area contributed by atoms with Crippen LogP contribution in [0, 0.1) is 23.3 Å². The minimum absolute atomic E-state index is 0.0612. The van der Waals surface area contributed by atoms with Crippen LogP contribution in [0.4, 0.5) is 45.0 Å². The number of aromatic nitrogens is 3. The highest BCUT2D eigenvalue weighted by Gasteiger charge is 2.27. The molecule has 0 saturated carbocycles. The zero-order valence-corrected chi connectivity index (χ0v) is 28.6. The van der Waals surface area contributed by atoms with Gasteiger partial charge in [-0.2, -0.15) is 0 Å². The standard InChI is InChI=1S/C34H32F5N7O2S2/c1-20(2)33-43-30(22-5-3-8-26(29(22)39)44-50(47,48)32-23(36)6-4-7-24(32)37)31(49-33)27-11-13-40-34(42-27)41-21-9-10-28(25(38)19-21)46-17-15-45(14-12-35)16-18-46/h3-11,13,19-20,44H,12,14-18H2,1-2H3,(H,40,41,42). The van der Waals surface area contributed by atoms with Gasteiger partial charge in [0.2, 0.25) is 5.95 Å². The lowest BCUT2D eigenvalue weighted by molar-refractivity contribution is 0.235. The first-order valence-corrected chi connectivity index (χ1v) is 17.9. The summed E-state index contributed by atoms with van der Waals surface area (Å²) in [5.74, 6) is -4.04. The molecule has 2 N–H and O–H groups in total. The van der Waals surface area contributed by atoms with E-state index in [4.69, 9.17) is 0 Å². The number of anilines is 4. The monoisotopic (exact) mass is 729 g/mol. The molecule has 1 aliphatic heterocycles. The number of thiazole rings is 1. The van der Waals surface area contributed by atoms with Crippen LogP contribution in [-0.2, 0) is 10.0 Å². The summed E-state index contributed by atoms with van der Waals surface area (Å²) in [4.78, 5) is 16.7. The number of alkyl halides is 1. The van der Waals surface area contributed by atoms with E-state index in [0.29, 0.717) is 59.7 Å². The molecule has 0 atom stereocenters. The number of benzene rings is 3. The highest BCUT2D eigenvalue weighted by Crippen LogP contribution is 2.41. The van der Waals surface area contributed by atoms with E-state index in [2.05, 4.69) is 20.3 Å². The molecule has 0 amide bonds. The summed E-state index contributed by atoms with van der Waals surface area (Å²) < 4.78 is 100. The van der Waals surface area contributed by atoms with E-state index >= 15 is 8.78 Å². The maximum Gasteiger partial charge on any atom is 0.267 e. The van der Waals surface area contributed by atoms with Gasteiger partial charge < -0.3 is 10.2 Å². The molecule has 2 aromatic heterocycles. The van der Waals surface area contributed by atoms with Crippen LogP contribution in [0.3, 0.4) is 0 Å². The number of hydrogen-bond donors (Lipinski definition) is 2. The molecular weight excluding hydrogens is 698 g/mol. The predicted octanol–water partition coefficient (Wildman–Crippen LogP) is 7.58. The largest absolute Gasteiger partial charge is 0.367 e. The van der Waals surface area contributed by atoms with Gasteiger partial charge in [-0.05, 0) is 48.5 Å². The van der Waals surface area contributed by atoms with E-state index in [1.165, 1.54) is 35.7 Å². The first-order chi connectivity index (χ1) is 23.9. The Kier molecular flexibility index (Phi) is 10.3. The van der Waals surface area contributed by atoms with E-state index in [9.17, 15) is 21.6 Å². The SMILES string of the molecule is CC(C)c1nc(-c2cccc(NS(=O)(=O)c3c(F)cccc3F)c2F)c(-c2ccnc(Nc3ccc(N4CCN(CCF)CC4)c(F)c3)n2)s1. The Morgan fingerprint density at radius 1 is 0.900 bits per heavy atom. The number of nitrogens with zero attached hydrogens (tertiary/aromatic N) is 5. The molecule has 0 spiro atoms. The van der Waals surface area contributed by atoms with Crippen LogP contribution in [-0.4, -0.2) is 67.7 Å². The Hall–Kier alpha value is -4.67. The molecule has 262 valence electrons. The highest BCUT2D eigenvalue weighted by molar-refractivity contribution is 7.92. The van der Waals surface area contributed by atoms with Gasteiger partial charge in [0.25, 0.3) is 10.0 Å². The van der Waals surface area contributed by atoms with Crippen LogP contribution in [0.2, 0.25) is 0 Å². The Morgan fingerprint density at radius 3 is 2.30 bits per heavy atom. The maximum atomic E-state index is 16.1. The van der Waals surface area contributed by atoms with E-state index in [-0.39, 0.29) is 23.1 Å². The molecule has 1 saturated heterocycles. The van der Waals surface area contributed by atoms with Crippen molar-refractivity contribution in [2.24, 2.45) is 0 Å².